The van der Waals surface area contributed by atoms with Gasteiger partial charge in [0.2, 0.25) is 0 Å². The molecule has 0 amide bonds. The predicted molar refractivity (Wildman–Crippen MR) is 59.4 cm³/mol. The minimum Gasteiger partial charge on any atom is -0.381 e. The van der Waals surface area contributed by atoms with Crippen LogP contribution in [0.3, 0.4) is 0 Å². The van der Waals surface area contributed by atoms with Crippen molar-refractivity contribution in [3.8, 4) is 0 Å². The Hall–Kier alpha value is 0.270. The van der Waals surface area contributed by atoms with Gasteiger partial charge in [-0.3, -0.25) is 0 Å². The largest absolute Gasteiger partial charge is 0.381 e. The molecule has 3 heteroatoms. The Labute approximate surface area is 85.8 Å². The van der Waals surface area contributed by atoms with E-state index in [1.54, 1.807) is 0 Å². The second-order valence-electron chi connectivity index (χ2n) is 3.60. The molecule has 2 atom stereocenters. The quantitative estimate of drug-likeness (QED) is 0.735. The molecule has 0 radical (unpaired) electrons. The van der Waals surface area contributed by atoms with E-state index in [2.05, 4.69) is 18.5 Å². The van der Waals surface area contributed by atoms with Gasteiger partial charge in [0, 0.05) is 18.4 Å². The van der Waals surface area contributed by atoms with E-state index in [1.807, 2.05) is 11.8 Å². The maximum Gasteiger partial charge on any atom is 0.0509 e. The third kappa shape index (κ3) is 3.88. The van der Waals surface area contributed by atoms with Crippen LogP contribution in [-0.4, -0.2) is 37.8 Å². The normalized spacial score (nSPS) is 25.8. The molecule has 2 unspecified atom stereocenters. The summed E-state index contributed by atoms with van der Waals surface area (Å²) in [5.41, 5.74) is 0. The van der Waals surface area contributed by atoms with Gasteiger partial charge in [-0.15, -0.1) is 0 Å². The van der Waals surface area contributed by atoms with Crippen molar-refractivity contribution in [1.82, 2.24) is 5.32 Å². The lowest BCUT2D eigenvalue weighted by atomic mass is 9.95. The molecule has 0 aromatic heterocycles. The Bertz CT molecular complexity index is 120. The summed E-state index contributed by atoms with van der Waals surface area (Å²) in [5, 5.41) is 3.55. The van der Waals surface area contributed by atoms with Crippen molar-refractivity contribution in [2.75, 3.05) is 31.8 Å². The van der Waals surface area contributed by atoms with Crippen molar-refractivity contribution in [3.63, 3.8) is 0 Å². The Morgan fingerprint density at radius 2 is 2.46 bits per heavy atom. The first-order chi connectivity index (χ1) is 6.38. The van der Waals surface area contributed by atoms with Gasteiger partial charge in [0.15, 0.2) is 0 Å². The highest BCUT2D eigenvalue weighted by molar-refractivity contribution is 7.98. The van der Waals surface area contributed by atoms with Crippen LogP contribution in [0.2, 0.25) is 0 Å². The topological polar surface area (TPSA) is 21.3 Å². The fourth-order valence-corrected chi connectivity index (χ4v) is 2.64. The van der Waals surface area contributed by atoms with E-state index in [1.165, 1.54) is 18.6 Å². The van der Waals surface area contributed by atoms with Gasteiger partial charge in [0.05, 0.1) is 6.61 Å². The fourth-order valence-electron chi connectivity index (χ4n) is 1.89. The van der Waals surface area contributed by atoms with E-state index >= 15 is 0 Å². The summed E-state index contributed by atoms with van der Waals surface area (Å²) in [6.45, 7) is 5.17. The Morgan fingerprint density at radius 1 is 1.62 bits per heavy atom. The molecule has 2 nitrogen and oxygen atoms in total. The van der Waals surface area contributed by atoms with Gasteiger partial charge in [-0.1, -0.05) is 6.92 Å². The first kappa shape index (κ1) is 11.3. The van der Waals surface area contributed by atoms with Crippen molar-refractivity contribution in [2.45, 2.75) is 25.8 Å². The standard InChI is InChI=1S/C10H21NOS/c1-3-11-10(8-13-2)9-5-4-6-12-7-9/h9-11H,3-8H2,1-2H3. The second kappa shape index (κ2) is 6.68. The highest BCUT2D eigenvalue weighted by Crippen LogP contribution is 2.19. The van der Waals surface area contributed by atoms with Crippen molar-refractivity contribution < 1.29 is 4.74 Å². The minimum atomic E-state index is 0.653. The summed E-state index contributed by atoms with van der Waals surface area (Å²) >= 11 is 1.93. The molecular formula is C10H21NOS. The molecule has 0 spiro atoms. The SMILES string of the molecule is CCNC(CSC)C1CCCOC1. The lowest BCUT2D eigenvalue weighted by Gasteiger charge is -2.30. The predicted octanol–water partition coefficient (Wildman–Crippen LogP) is 1.75. The zero-order chi connectivity index (χ0) is 9.52. The monoisotopic (exact) mass is 203 g/mol. The molecule has 1 rings (SSSR count). The van der Waals surface area contributed by atoms with Gasteiger partial charge in [0.1, 0.15) is 0 Å². The van der Waals surface area contributed by atoms with Crippen LogP contribution in [0.25, 0.3) is 0 Å². The summed E-state index contributed by atoms with van der Waals surface area (Å²) in [4.78, 5) is 0. The summed E-state index contributed by atoms with van der Waals surface area (Å²) in [7, 11) is 0. The molecular weight excluding hydrogens is 182 g/mol. The molecule has 0 bridgehead atoms. The van der Waals surface area contributed by atoms with Crippen molar-refractivity contribution in [1.29, 1.82) is 0 Å². The molecule has 1 saturated heterocycles. The molecule has 0 aliphatic carbocycles. The van der Waals surface area contributed by atoms with E-state index in [9.17, 15) is 0 Å². The number of hydrogen-bond donors (Lipinski definition) is 1. The van der Waals surface area contributed by atoms with Gasteiger partial charge in [-0.2, -0.15) is 11.8 Å². The summed E-state index contributed by atoms with van der Waals surface area (Å²) < 4.78 is 5.51. The minimum absolute atomic E-state index is 0.653. The highest BCUT2D eigenvalue weighted by Gasteiger charge is 2.22. The molecule has 1 aliphatic rings. The van der Waals surface area contributed by atoms with Crippen LogP contribution in [0, 0.1) is 5.92 Å². The smallest absolute Gasteiger partial charge is 0.0509 e. The van der Waals surface area contributed by atoms with Crippen LogP contribution in [0.4, 0.5) is 0 Å². The highest BCUT2D eigenvalue weighted by atomic mass is 32.2. The zero-order valence-corrected chi connectivity index (χ0v) is 9.53. The van der Waals surface area contributed by atoms with Crippen molar-refractivity contribution >= 4 is 11.8 Å². The number of thioether (sulfide) groups is 1. The molecule has 78 valence electrons. The maximum atomic E-state index is 5.51. The molecule has 1 fully saturated rings. The van der Waals surface area contributed by atoms with E-state index in [4.69, 9.17) is 4.74 Å². The molecule has 0 aromatic carbocycles. The van der Waals surface area contributed by atoms with E-state index < -0.39 is 0 Å². The first-order valence-corrected chi connectivity index (χ1v) is 6.58. The van der Waals surface area contributed by atoms with E-state index in [-0.39, 0.29) is 0 Å². The van der Waals surface area contributed by atoms with Crippen LogP contribution in [0.5, 0.6) is 0 Å². The van der Waals surface area contributed by atoms with Gasteiger partial charge < -0.3 is 10.1 Å². The summed E-state index contributed by atoms with van der Waals surface area (Å²) in [5.74, 6) is 1.95. The van der Waals surface area contributed by atoms with Crippen LogP contribution in [0.1, 0.15) is 19.8 Å². The molecule has 1 aliphatic heterocycles. The summed E-state index contributed by atoms with van der Waals surface area (Å²) in [6.07, 6.45) is 4.74. The molecule has 13 heavy (non-hydrogen) atoms. The average molecular weight is 203 g/mol. The van der Waals surface area contributed by atoms with Crippen LogP contribution < -0.4 is 5.32 Å². The van der Waals surface area contributed by atoms with Crippen molar-refractivity contribution in [2.24, 2.45) is 5.92 Å². The number of rotatable bonds is 5. The van der Waals surface area contributed by atoms with E-state index in [0.29, 0.717) is 6.04 Å². The fraction of sp³-hybridized carbons (Fsp3) is 1.00. The molecule has 0 saturated carbocycles. The molecule has 0 aromatic rings. The number of nitrogens with one attached hydrogen (secondary N) is 1. The maximum absolute atomic E-state index is 5.51. The van der Waals surface area contributed by atoms with Crippen LogP contribution in [0.15, 0.2) is 0 Å². The van der Waals surface area contributed by atoms with E-state index in [0.717, 1.165) is 25.7 Å². The third-order valence-corrected chi connectivity index (χ3v) is 3.27. The van der Waals surface area contributed by atoms with Gasteiger partial charge in [0.25, 0.3) is 0 Å². The summed E-state index contributed by atoms with van der Waals surface area (Å²) in [6, 6.07) is 0.653. The third-order valence-electron chi connectivity index (χ3n) is 2.58. The molecule has 1 N–H and O–H groups in total. The Balaban J connectivity index is 2.32. The Morgan fingerprint density at radius 3 is 3.00 bits per heavy atom. The lowest BCUT2D eigenvalue weighted by Crippen LogP contribution is -2.41. The van der Waals surface area contributed by atoms with Crippen molar-refractivity contribution in [3.05, 3.63) is 0 Å². The number of ether oxygens (including phenoxy) is 1. The van der Waals surface area contributed by atoms with Gasteiger partial charge in [-0.25, -0.2) is 0 Å². The lowest BCUT2D eigenvalue weighted by molar-refractivity contribution is 0.0429. The zero-order valence-electron chi connectivity index (χ0n) is 8.71. The Kier molecular flexibility index (Phi) is 5.83. The number of hydrogen-bond acceptors (Lipinski definition) is 3. The average Bonchev–Trinajstić information content (AvgIpc) is 2.19. The molecule has 1 heterocycles. The second-order valence-corrected chi connectivity index (χ2v) is 4.51. The van der Waals surface area contributed by atoms with Gasteiger partial charge >= 0.3 is 0 Å². The van der Waals surface area contributed by atoms with Crippen LogP contribution >= 0.6 is 11.8 Å². The van der Waals surface area contributed by atoms with Gasteiger partial charge in [-0.05, 0) is 31.6 Å². The van der Waals surface area contributed by atoms with Crippen LogP contribution in [-0.2, 0) is 4.74 Å². The first-order valence-electron chi connectivity index (χ1n) is 5.18.